The summed E-state index contributed by atoms with van der Waals surface area (Å²) in [5.41, 5.74) is -0.372. The molecule has 0 bridgehead atoms. The van der Waals surface area contributed by atoms with Crippen LogP contribution in [0.15, 0.2) is 47.4 Å². The molecule has 110 valence electrons. The molecule has 0 saturated heterocycles. The van der Waals surface area contributed by atoms with Gasteiger partial charge >= 0.3 is 0 Å². The smallest absolute Gasteiger partial charge is 0.289 e. The van der Waals surface area contributed by atoms with Crippen LogP contribution in [0.4, 0.5) is 11.4 Å². The Balaban J connectivity index is 2.40. The van der Waals surface area contributed by atoms with Crippen molar-refractivity contribution in [2.24, 2.45) is 0 Å². The number of aromatic hydroxyl groups is 1. The van der Waals surface area contributed by atoms with Crippen molar-refractivity contribution in [3.63, 3.8) is 0 Å². The molecule has 21 heavy (non-hydrogen) atoms. The standard InChI is InChI=1S/C12H9ClN2O5S/c13-11-5-4-10(7-12(11)15(17)18)21(19,20)14-8-2-1-3-9(16)6-8/h1-7,14,16H. The van der Waals surface area contributed by atoms with Gasteiger partial charge < -0.3 is 5.11 Å². The lowest BCUT2D eigenvalue weighted by atomic mass is 10.3. The molecule has 0 aliphatic rings. The fraction of sp³-hybridized carbons (Fsp3) is 0. The van der Waals surface area contributed by atoms with Crippen LogP contribution in [-0.2, 0) is 10.0 Å². The molecule has 2 aromatic rings. The van der Waals surface area contributed by atoms with Crippen LogP contribution in [0, 0.1) is 10.1 Å². The van der Waals surface area contributed by atoms with Gasteiger partial charge in [-0.2, -0.15) is 0 Å². The molecule has 2 rings (SSSR count). The summed E-state index contributed by atoms with van der Waals surface area (Å²) in [6.45, 7) is 0. The van der Waals surface area contributed by atoms with Gasteiger partial charge in [0.25, 0.3) is 15.7 Å². The molecule has 7 nitrogen and oxygen atoms in total. The number of sulfonamides is 1. The summed E-state index contributed by atoms with van der Waals surface area (Å²) in [7, 11) is -4.03. The monoisotopic (exact) mass is 328 g/mol. The zero-order valence-electron chi connectivity index (χ0n) is 10.4. The number of nitrogens with one attached hydrogen (secondary N) is 1. The Kier molecular flexibility index (Phi) is 4.01. The van der Waals surface area contributed by atoms with Gasteiger partial charge in [-0.05, 0) is 24.3 Å². The second-order valence-electron chi connectivity index (χ2n) is 4.03. The SMILES string of the molecule is O=[N+]([O-])c1cc(S(=O)(=O)Nc2cccc(O)c2)ccc1Cl. The molecular formula is C12H9ClN2O5S. The molecule has 2 N–H and O–H groups in total. The Morgan fingerprint density at radius 3 is 2.52 bits per heavy atom. The number of nitrogens with zero attached hydrogens (tertiary/aromatic N) is 1. The van der Waals surface area contributed by atoms with Gasteiger partial charge in [0, 0.05) is 12.1 Å². The van der Waals surface area contributed by atoms with Gasteiger partial charge in [-0.3, -0.25) is 14.8 Å². The van der Waals surface area contributed by atoms with E-state index in [0.717, 1.165) is 18.2 Å². The molecule has 0 spiro atoms. The molecule has 2 aromatic carbocycles. The van der Waals surface area contributed by atoms with E-state index < -0.39 is 20.6 Å². The number of hydrogen-bond donors (Lipinski definition) is 2. The largest absolute Gasteiger partial charge is 0.508 e. The minimum Gasteiger partial charge on any atom is -0.508 e. The second-order valence-corrected chi connectivity index (χ2v) is 6.12. The Bertz CT molecular complexity index is 807. The lowest BCUT2D eigenvalue weighted by Crippen LogP contribution is -2.13. The summed E-state index contributed by atoms with van der Waals surface area (Å²) in [4.78, 5) is 9.70. The van der Waals surface area contributed by atoms with E-state index in [1.807, 2.05) is 0 Å². The summed E-state index contributed by atoms with van der Waals surface area (Å²) in [6, 6.07) is 8.64. The third kappa shape index (κ3) is 3.41. The van der Waals surface area contributed by atoms with Crippen LogP contribution in [0.3, 0.4) is 0 Å². The van der Waals surface area contributed by atoms with Crippen molar-refractivity contribution in [3.8, 4) is 5.75 Å². The predicted octanol–water partition coefficient (Wildman–Crippen LogP) is 2.75. The summed E-state index contributed by atoms with van der Waals surface area (Å²) < 4.78 is 26.5. The Labute approximate surface area is 125 Å². The number of benzene rings is 2. The van der Waals surface area contributed by atoms with Crippen LogP contribution in [0.2, 0.25) is 5.02 Å². The molecule has 0 aliphatic carbocycles. The predicted molar refractivity (Wildman–Crippen MR) is 77.0 cm³/mol. The summed E-state index contributed by atoms with van der Waals surface area (Å²) >= 11 is 5.63. The minimum absolute atomic E-state index is 0.114. The number of halogens is 1. The third-order valence-electron chi connectivity index (χ3n) is 2.52. The number of hydrogen-bond acceptors (Lipinski definition) is 5. The first-order valence-corrected chi connectivity index (χ1v) is 7.41. The van der Waals surface area contributed by atoms with Crippen LogP contribution in [0.25, 0.3) is 0 Å². The number of anilines is 1. The lowest BCUT2D eigenvalue weighted by Gasteiger charge is -2.08. The van der Waals surface area contributed by atoms with Crippen molar-refractivity contribution in [3.05, 3.63) is 57.6 Å². The molecular weight excluding hydrogens is 320 g/mol. The highest BCUT2D eigenvalue weighted by Crippen LogP contribution is 2.28. The van der Waals surface area contributed by atoms with Gasteiger partial charge in [-0.1, -0.05) is 17.7 Å². The van der Waals surface area contributed by atoms with Crippen LogP contribution in [-0.4, -0.2) is 18.4 Å². The normalized spacial score (nSPS) is 11.1. The molecule has 0 radical (unpaired) electrons. The first kappa shape index (κ1) is 15.1. The first-order chi connectivity index (χ1) is 9.79. The second kappa shape index (κ2) is 5.58. The molecule has 0 amide bonds. The van der Waals surface area contributed by atoms with Crippen molar-refractivity contribution in [2.75, 3.05) is 4.72 Å². The maximum atomic E-state index is 12.1. The topological polar surface area (TPSA) is 110 Å². The third-order valence-corrected chi connectivity index (χ3v) is 4.22. The fourth-order valence-electron chi connectivity index (χ4n) is 1.58. The number of rotatable bonds is 4. The fourth-order valence-corrected chi connectivity index (χ4v) is 2.84. The zero-order chi connectivity index (χ0) is 15.6. The number of nitro groups is 1. The van der Waals surface area contributed by atoms with Crippen molar-refractivity contribution < 1.29 is 18.4 Å². The van der Waals surface area contributed by atoms with E-state index >= 15 is 0 Å². The molecule has 9 heteroatoms. The van der Waals surface area contributed by atoms with E-state index in [2.05, 4.69) is 4.72 Å². The van der Waals surface area contributed by atoms with Crippen molar-refractivity contribution >= 4 is 33.0 Å². The van der Waals surface area contributed by atoms with Gasteiger partial charge in [0.15, 0.2) is 0 Å². The van der Waals surface area contributed by atoms with Gasteiger partial charge in [0.2, 0.25) is 0 Å². The van der Waals surface area contributed by atoms with Crippen molar-refractivity contribution in [1.29, 1.82) is 0 Å². The quantitative estimate of drug-likeness (QED) is 0.662. The van der Waals surface area contributed by atoms with E-state index in [0.29, 0.717) is 0 Å². The molecule has 0 heterocycles. The Hall–Kier alpha value is -2.32. The maximum absolute atomic E-state index is 12.1. The van der Waals surface area contributed by atoms with Crippen LogP contribution in [0.1, 0.15) is 0 Å². The summed E-state index contributed by atoms with van der Waals surface area (Å²) in [5.74, 6) is -0.114. The van der Waals surface area contributed by atoms with Gasteiger partial charge in [0.05, 0.1) is 15.5 Å². The van der Waals surface area contributed by atoms with Gasteiger partial charge in [-0.25, -0.2) is 8.42 Å². The molecule has 0 fully saturated rings. The van der Waals surface area contributed by atoms with Crippen LogP contribution in [0.5, 0.6) is 5.75 Å². The maximum Gasteiger partial charge on any atom is 0.289 e. The number of nitro benzene ring substituents is 1. The Morgan fingerprint density at radius 2 is 1.90 bits per heavy atom. The summed E-state index contributed by atoms with van der Waals surface area (Å²) in [6.07, 6.45) is 0. The molecule has 0 unspecified atom stereocenters. The average Bonchev–Trinajstić information content (AvgIpc) is 2.38. The molecule has 0 aliphatic heterocycles. The average molecular weight is 329 g/mol. The highest BCUT2D eigenvalue weighted by atomic mass is 35.5. The van der Waals surface area contributed by atoms with Crippen LogP contribution >= 0.6 is 11.6 Å². The van der Waals surface area contributed by atoms with Crippen LogP contribution < -0.4 is 4.72 Å². The van der Waals surface area contributed by atoms with E-state index in [9.17, 15) is 23.6 Å². The van der Waals surface area contributed by atoms with Crippen molar-refractivity contribution in [1.82, 2.24) is 0 Å². The molecule has 0 aromatic heterocycles. The minimum atomic E-state index is -4.03. The van der Waals surface area contributed by atoms with E-state index in [-0.39, 0.29) is 21.4 Å². The molecule has 0 saturated carbocycles. The van der Waals surface area contributed by atoms with E-state index in [4.69, 9.17) is 11.6 Å². The lowest BCUT2D eigenvalue weighted by molar-refractivity contribution is -0.384. The van der Waals surface area contributed by atoms with Gasteiger partial charge in [0.1, 0.15) is 10.8 Å². The van der Waals surface area contributed by atoms with Gasteiger partial charge in [-0.15, -0.1) is 0 Å². The first-order valence-electron chi connectivity index (χ1n) is 5.55. The summed E-state index contributed by atoms with van der Waals surface area (Å²) in [5, 5.41) is 19.9. The highest BCUT2D eigenvalue weighted by molar-refractivity contribution is 7.92. The number of phenolic OH excluding ortho intramolecular Hbond substituents is 1. The van der Waals surface area contributed by atoms with E-state index in [1.165, 1.54) is 24.3 Å². The highest BCUT2D eigenvalue weighted by Gasteiger charge is 2.20. The van der Waals surface area contributed by atoms with E-state index in [1.54, 1.807) is 0 Å². The van der Waals surface area contributed by atoms with Crippen molar-refractivity contribution in [2.45, 2.75) is 4.90 Å². The number of phenols is 1. The Morgan fingerprint density at radius 1 is 1.19 bits per heavy atom. The molecule has 0 atom stereocenters. The zero-order valence-corrected chi connectivity index (χ0v) is 11.9.